The minimum Gasteiger partial charge on any atom is -0.490 e. The summed E-state index contributed by atoms with van der Waals surface area (Å²) in [7, 11) is -4.12. The zero-order valence-electron chi connectivity index (χ0n) is 21.2. The Balaban J connectivity index is 1.48. The summed E-state index contributed by atoms with van der Waals surface area (Å²) in [5, 5.41) is 0.932. The topological polar surface area (TPSA) is 85.3 Å². The van der Waals surface area contributed by atoms with E-state index < -0.39 is 10.1 Å². The fourth-order valence-corrected chi connectivity index (χ4v) is 5.90. The number of para-hydroxylation sites is 2. The van der Waals surface area contributed by atoms with Gasteiger partial charge >= 0.3 is 10.1 Å². The summed E-state index contributed by atoms with van der Waals surface area (Å²) in [6.07, 6.45) is 1.72. The summed E-state index contributed by atoms with van der Waals surface area (Å²) in [5.41, 5.74) is 2.05. The van der Waals surface area contributed by atoms with E-state index in [2.05, 4.69) is 0 Å². The first-order valence-electron chi connectivity index (χ1n) is 12.2. The molecule has 202 valence electrons. The summed E-state index contributed by atoms with van der Waals surface area (Å²) in [5.74, 6) is 0.0269. The summed E-state index contributed by atoms with van der Waals surface area (Å²) in [6.45, 7) is 2.06. The Morgan fingerprint density at radius 1 is 0.900 bits per heavy atom. The molecule has 1 heterocycles. The minimum absolute atomic E-state index is 0.0293. The van der Waals surface area contributed by atoms with Gasteiger partial charge in [-0.2, -0.15) is 8.42 Å². The number of hydrogen-bond acceptors (Lipinski definition) is 7. The van der Waals surface area contributed by atoms with E-state index >= 15 is 0 Å². The first-order valence-corrected chi connectivity index (χ1v) is 14.8. The van der Waals surface area contributed by atoms with Crippen molar-refractivity contribution in [3.8, 4) is 11.5 Å². The van der Waals surface area contributed by atoms with E-state index in [1.54, 1.807) is 30.0 Å². The van der Waals surface area contributed by atoms with Crippen LogP contribution < -0.4 is 13.8 Å². The van der Waals surface area contributed by atoms with Crippen LogP contribution in [0.4, 0.5) is 11.4 Å². The van der Waals surface area contributed by atoms with Crippen LogP contribution in [-0.4, -0.2) is 26.1 Å². The average Bonchev–Trinajstić information content (AvgIpc) is 3.25. The van der Waals surface area contributed by atoms with Crippen LogP contribution in [0.3, 0.4) is 0 Å². The molecule has 0 N–H and O–H groups in total. The van der Waals surface area contributed by atoms with Crippen LogP contribution >= 0.6 is 23.4 Å². The van der Waals surface area contributed by atoms with Crippen LogP contribution in [0.2, 0.25) is 5.02 Å². The number of amides is 1. The fourth-order valence-electron chi connectivity index (χ4n) is 3.84. The smallest absolute Gasteiger partial charge is 0.339 e. The number of thioether (sulfide) groups is 1. The Hall–Kier alpha value is -4.05. The van der Waals surface area contributed by atoms with Gasteiger partial charge in [-0.1, -0.05) is 54.1 Å². The first kappa shape index (κ1) is 27.5. The van der Waals surface area contributed by atoms with Gasteiger partial charge in [0.05, 0.1) is 22.9 Å². The molecule has 1 aliphatic rings. The van der Waals surface area contributed by atoms with Crippen molar-refractivity contribution in [3.63, 3.8) is 0 Å². The Labute approximate surface area is 241 Å². The van der Waals surface area contributed by atoms with Gasteiger partial charge in [-0.05, 0) is 91.0 Å². The van der Waals surface area contributed by atoms with Crippen LogP contribution in [0.5, 0.6) is 11.5 Å². The van der Waals surface area contributed by atoms with E-state index in [4.69, 9.17) is 25.5 Å². The SMILES string of the molecule is CCOc1cc(/C=C2/SC(=Nc3ccccc3)N(c3ccccc3)C2=O)ccc1OS(=O)(=O)c1ccc(Cl)cc1. The third-order valence-electron chi connectivity index (χ3n) is 5.67. The van der Waals surface area contributed by atoms with Crippen LogP contribution in [0, 0.1) is 0 Å². The Morgan fingerprint density at radius 3 is 2.25 bits per heavy atom. The summed E-state index contributed by atoms with van der Waals surface area (Å²) in [4.78, 5) is 20.3. The van der Waals surface area contributed by atoms with Crippen molar-refractivity contribution in [2.24, 2.45) is 4.99 Å². The largest absolute Gasteiger partial charge is 0.490 e. The zero-order chi connectivity index (χ0) is 28.1. The van der Waals surface area contributed by atoms with Gasteiger partial charge in [-0.25, -0.2) is 4.99 Å². The van der Waals surface area contributed by atoms with Crippen molar-refractivity contribution in [2.45, 2.75) is 11.8 Å². The lowest BCUT2D eigenvalue weighted by Crippen LogP contribution is -2.28. The molecule has 0 unspecified atom stereocenters. The van der Waals surface area contributed by atoms with Gasteiger partial charge in [-0.3, -0.25) is 9.69 Å². The monoisotopic (exact) mass is 590 g/mol. The number of anilines is 1. The molecular weight excluding hydrogens is 568 g/mol. The van der Waals surface area contributed by atoms with Crippen LogP contribution in [0.1, 0.15) is 12.5 Å². The molecule has 4 aromatic rings. The van der Waals surface area contributed by atoms with Gasteiger partial charge in [0, 0.05) is 5.02 Å². The molecule has 7 nitrogen and oxygen atoms in total. The Kier molecular flexibility index (Phi) is 8.25. The van der Waals surface area contributed by atoms with E-state index in [0.29, 0.717) is 26.3 Å². The lowest BCUT2D eigenvalue weighted by atomic mass is 10.2. The number of carbonyl (C=O) groups excluding carboxylic acids is 1. The van der Waals surface area contributed by atoms with Crippen molar-refractivity contribution in [1.82, 2.24) is 0 Å². The van der Waals surface area contributed by atoms with Crippen molar-refractivity contribution in [2.75, 3.05) is 11.5 Å². The highest BCUT2D eigenvalue weighted by Gasteiger charge is 2.34. The van der Waals surface area contributed by atoms with Gasteiger partial charge < -0.3 is 8.92 Å². The Morgan fingerprint density at radius 2 is 1.57 bits per heavy atom. The standard InChI is InChI=1S/C30H23ClN2O5S2/c1-2-37-27-19-21(13-18-26(27)38-40(35,36)25-16-14-22(31)15-17-25)20-28-29(34)33(24-11-7-4-8-12-24)30(39-28)32-23-9-5-3-6-10-23/h3-20H,2H2,1H3/b28-20+,32-30?. The highest BCUT2D eigenvalue weighted by molar-refractivity contribution is 8.19. The first-order chi connectivity index (χ1) is 19.3. The number of benzene rings is 4. The quantitative estimate of drug-likeness (QED) is 0.158. The normalized spacial score (nSPS) is 15.6. The van der Waals surface area contributed by atoms with Crippen molar-refractivity contribution in [1.29, 1.82) is 0 Å². The van der Waals surface area contributed by atoms with Gasteiger partial charge in [0.2, 0.25) is 0 Å². The number of aliphatic imine (C=N–C) groups is 1. The zero-order valence-corrected chi connectivity index (χ0v) is 23.6. The molecule has 10 heteroatoms. The fraction of sp³-hybridized carbons (Fsp3) is 0.0667. The molecule has 0 atom stereocenters. The molecule has 4 aromatic carbocycles. The number of rotatable bonds is 8. The summed E-state index contributed by atoms with van der Waals surface area (Å²) >= 11 is 7.13. The van der Waals surface area contributed by atoms with E-state index in [-0.39, 0.29) is 28.9 Å². The maximum absolute atomic E-state index is 13.6. The third-order valence-corrected chi connectivity index (χ3v) is 8.14. The van der Waals surface area contributed by atoms with Crippen molar-refractivity contribution in [3.05, 3.63) is 119 Å². The highest BCUT2D eigenvalue weighted by Crippen LogP contribution is 2.38. The third kappa shape index (κ3) is 6.22. The number of hydrogen-bond donors (Lipinski definition) is 0. The molecular formula is C30H23ClN2O5S2. The minimum atomic E-state index is -4.12. The predicted molar refractivity (Wildman–Crippen MR) is 160 cm³/mol. The van der Waals surface area contributed by atoms with Crippen LogP contribution in [0.15, 0.2) is 118 Å². The number of nitrogens with zero attached hydrogens (tertiary/aromatic N) is 2. The highest BCUT2D eigenvalue weighted by atomic mass is 35.5. The molecule has 0 saturated carbocycles. The number of ether oxygens (including phenoxy) is 1. The second kappa shape index (κ2) is 12.0. The summed E-state index contributed by atoms with van der Waals surface area (Å²) < 4.78 is 36.8. The van der Waals surface area contributed by atoms with E-state index in [1.165, 1.54) is 42.1 Å². The number of halogens is 1. The van der Waals surface area contributed by atoms with Gasteiger partial charge in [0.25, 0.3) is 5.91 Å². The van der Waals surface area contributed by atoms with E-state index in [0.717, 1.165) is 5.69 Å². The molecule has 1 fully saturated rings. The lowest BCUT2D eigenvalue weighted by molar-refractivity contribution is -0.113. The van der Waals surface area contributed by atoms with Crippen molar-refractivity contribution >= 4 is 62.0 Å². The second-order valence-corrected chi connectivity index (χ2v) is 11.4. The van der Waals surface area contributed by atoms with Gasteiger partial charge in [-0.15, -0.1) is 0 Å². The molecule has 5 rings (SSSR count). The molecule has 1 aliphatic heterocycles. The lowest BCUT2D eigenvalue weighted by Gasteiger charge is -2.15. The predicted octanol–water partition coefficient (Wildman–Crippen LogP) is 7.32. The van der Waals surface area contributed by atoms with Crippen molar-refractivity contribution < 1.29 is 22.1 Å². The maximum Gasteiger partial charge on any atom is 0.339 e. The average molecular weight is 591 g/mol. The molecule has 1 saturated heterocycles. The molecule has 0 aliphatic carbocycles. The molecule has 1 amide bonds. The summed E-state index contributed by atoms with van der Waals surface area (Å²) in [6, 6.07) is 29.2. The molecule has 0 aromatic heterocycles. The van der Waals surface area contributed by atoms with Crippen LogP contribution in [-0.2, 0) is 14.9 Å². The molecule has 0 bridgehead atoms. The van der Waals surface area contributed by atoms with E-state index in [9.17, 15) is 13.2 Å². The number of carbonyl (C=O) groups is 1. The second-order valence-electron chi connectivity index (χ2n) is 8.45. The molecule has 40 heavy (non-hydrogen) atoms. The van der Waals surface area contributed by atoms with Gasteiger partial charge in [0.1, 0.15) is 4.90 Å². The number of amidine groups is 1. The molecule has 0 spiro atoms. The maximum atomic E-state index is 13.6. The Bertz CT molecular complexity index is 1690. The van der Waals surface area contributed by atoms with Gasteiger partial charge in [0.15, 0.2) is 16.7 Å². The molecule has 0 radical (unpaired) electrons. The van der Waals surface area contributed by atoms with E-state index in [1.807, 2.05) is 60.7 Å². The van der Waals surface area contributed by atoms with Crippen LogP contribution in [0.25, 0.3) is 6.08 Å².